The molecule has 0 N–H and O–H groups in total. The van der Waals surface area contributed by atoms with E-state index in [1.54, 1.807) is 7.11 Å². The van der Waals surface area contributed by atoms with Crippen LogP contribution in [0.3, 0.4) is 0 Å². The molecule has 0 aliphatic heterocycles. The number of benzene rings is 2. The molecule has 3 aromatic rings. The van der Waals surface area contributed by atoms with Gasteiger partial charge in [-0.15, -0.1) is 10.2 Å². The summed E-state index contributed by atoms with van der Waals surface area (Å²) in [7, 11) is -1.29. The summed E-state index contributed by atoms with van der Waals surface area (Å²) >= 11 is 0. The van der Waals surface area contributed by atoms with E-state index in [9.17, 15) is 5.26 Å². The molecule has 0 bridgehead atoms. The summed E-state index contributed by atoms with van der Waals surface area (Å²) < 4.78 is 41.3. The molecule has 0 unspecified atom stereocenters. The van der Waals surface area contributed by atoms with E-state index in [1.165, 1.54) is 0 Å². The zero-order valence-corrected chi connectivity index (χ0v) is 16.8. The van der Waals surface area contributed by atoms with Gasteiger partial charge in [-0.1, -0.05) is 30.3 Å². The fourth-order valence-electron chi connectivity index (χ4n) is 2.87. The summed E-state index contributed by atoms with van der Waals surface area (Å²) in [5.74, 6) is 0.829. The number of halogens is 1. The van der Waals surface area contributed by atoms with Crippen LogP contribution in [0.5, 0.6) is 5.75 Å². The van der Waals surface area contributed by atoms with Crippen molar-refractivity contribution >= 4 is 0 Å². The largest absolute Gasteiger partial charge is 0.497 e. The Labute approximate surface area is 171 Å². The Morgan fingerprint density at radius 2 is 1.48 bits per heavy atom. The molecule has 29 heavy (non-hydrogen) atoms. The number of nitrogens with zero attached hydrogens (tertiary/aromatic N) is 2. The van der Waals surface area contributed by atoms with Gasteiger partial charge in [0.15, 0.2) is 5.69 Å². The van der Waals surface area contributed by atoms with Crippen molar-refractivity contribution in [3.63, 3.8) is 0 Å². The van der Waals surface area contributed by atoms with Crippen LogP contribution in [0.4, 0.5) is 0 Å². The molecule has 3 rings (SSSR count). The van der Waals surface area contributed by atoms with Gasteiger partial charge >= 0.3 is 0 Å². The van der Waals surface area contributed by atoms with Crippen LogP contribution in [0.2, 0.25) is 0 Å². The average molecular weight is 415 g/mol. The minimum atomic E-state index is -4.94. The Bertz CT molecular complexity index is 1000. The first kappa shape index (κ1) is 22.3. The summed E-state index contributed by atoms with van der Waals surface area (Å²) in [6.07, 6.45) is 0. The fourth-order valence-corrected chi connectivity index (χ4v) is 2.87. The zero-order chi connectivity index (χ0) is 21.6. The highest BCUT2D eigenvalue weighted by Gasteiger charge is 2.21. The van der Waals surface area contributed by atoms with Crippen molar-refractivity contribution in [2.75, 3.05) is 7.11 Å². The molecule has 0 atom stereocenters. The van der Waals surface area contributed by atoms with Crippen LogP contribution >= 0.6 is 0 Å². The summed E-state index contributed by atoms with van der Waals surface area (Å²) in [6, 6.07) is 22.5. The van der Waals surface area contributed by atoms with Gasteiger partial charge in [0.25, 0.3) is 0 Å². The standard InChI is InChI=1S/C21H19N2O.ClHO4/c1-15-20(14-22)19(16-7-5-4-6-8-16)13-21(23(15)2)17-9-11-18(24-3)12-10-17;2-1(3,4)5/h4-13H,1-3H3;(H,2,3,4,5)/q+1;/p-1. The molecular weight excluding hydrogens is 396 g/mol. The van der Waals surface area contributed by atoms with Crippen molar-refractivity contribution in [3.05, 3.63) is 71.9 Å². The van der Waals surface area contributed by atoms with Gasteiger partial charge in [-0.05, 0) is 29.8 Å². The molecule has 0 fully saturated rings. The number of hydrogen-bond donors (Lipinski definition) is 0. The highest BCUT2D eigenvalue weighted by Crippen LogP contribution is 2.29. The van der Waals surface area contributed by atoms with Crippen LogP contribution in [-0.2, 0) is 7.05 Å². The highest BCUT2D eigenvalue weighted by atomic mass is 35.7. The second kappa shape index (κ2) is 9.47. The number of aromatic nitrogens is 1. The normalized spacial score (nSPS) is 10.6. The van der Waals surface area contributed by atoms with Gasteiger partial charge in [-0.25, -0.2) is 18.6 Å². The summed E-state index contributed by atoms with van der Waals surface area (Å²) in [4.78, 5) is 0. The minimum Gasteiger partial charge on any atom is -0.497 e. The van der Waals surface area contributed by atoms with Crippen molar-refractivity contribution < 1.29 is 38.2 Å². The molecular formula is C21H19ClN2O5. The number of hydrogen-bond acceptors (Lipinski definition) is 6. The second-order valence-corrected chi connectivity index (χ2v) is 6.80. The topological polar surface area (TPSA) is 129 Å². The Morgan fingerprint density at radius 1 is 0.931 bits per heavy atom. The average Bonchev–Trinajstić information content (AvgIpc) is 2.69. The SMILES string of the molecule is COc1ccc(-c2cc(-c3ccccc3)c(C#N)c(C)[n+]2C)cc1.[O-][Cl+3]([O-])([O-])[O-]. The van der Waals surface area contributed by atoms with Gasteiger partial charge in [0, 0.05) is 24.1 Å². The third kappa shape index (κ3) is 5.99. The Kier molecular flexibility index (Phi) is 7.29. The summed E-state index contributed by atoms with van der Waals surface area (Å²) in [5, 5.41) is 9.63. The van der Waals surface area contributed by atoms with Crippen LogP contribution in [0.15, 0.2) is 60.7 Å². The van der Waals surface area contributed by atoms with E-state index in [1.807, 2.05) is 68.6 Å². The van der Waals surface area contributed by atoms with Crippen molar-refractivity contribution in [2.24, 2.45) is 7.05 Å². The quantitative estimate of drug-likeness (QED) is 0.520. The molecule has 2 aromatic carbocycles. The van der Waals surface area contributed by atoms with E-state index in [4.69, 9.17) is 23.4 Å². The molecule has 0 aliphatic carbocycles. The first-order valence-corrected chi connectivity index (χ1v) is 9.64. The van der Waals surface area contributed by atoms with Gasteiger partial charge in [0.05, 0.1) is 7.11 Å². The monoisotopic (exact) mass is 414 g/mol. The maximum atomic E-state index is 9.63. The lowest BCUT2D eigenvalue weighted by Gasteiger charge is -2.17. The number of pyridine rings is 1. The van der Waals surface area contributed by atoms with Gasteiger partial charge in [-0.3, -0.25) is 0 Å². The van der Waals surface area contributed by atoms with Crippen LogP contribution in [0, 0.1) is 28.5 Å². The van der Waals surface area contributed by atoms with Crippen LogP contribution in [-0.4, -0.2) is 7.11 Å². The van der Waals surface area contributed by atoms with E-state index >= 15 is 0 Å². The van der Waals surface area contributed by atoms with Crippen molar-refractivity contribution in [2.45, 2.75) is 6.92 Å². The van der Waals surface area contributed by atoms with E-state index in [2.05, 4.69) is 16.7 Å². The Morgan fingerprint density at radius 3 is 1.97 bits per heavy atom. The molecule has 0 aliphatic rings. The van der Waals surface area contributed by atoms with E-state index in [0.29, 0.717) is 5.56 Å². The molecule has 1 aromatic heterocycles. The smallest absolute Gasteiger partial charge is 0.213 e. The number of ether oxygens (including phenoxy) is 1. The van der Waals surface area contributed by atoms with Gasteiger partial charge in [0.2, 0.25) is 5.69 Å². The lowest BCUT2D eigenvalue weighted by Crippen LogP contribution is -2.68. The van der Waals surface area contributed by atoms with Crippen LogP contribution in [0.1, 0.15) is 11.3 Å². The van der Waals surface area contributed by atoms with Crippen LogP contribution < -0.4 is 27.9 Å². The molecule has 0 saturated heterocycles. The van der Waals surface area contributed by atoms with Gasteiger partial charge in [0.1, 0.15) is 24.4 Å². The van der Waals surface area contributed by atoms with E-state index < -0.39 is 10.2 Å². The second-order valence-electron chi connectivity index (χ2n) is 6.05. The number of rotatable bonds is 3. The number of nitriles is 1. The first-order valence-electron chi connectivity index (χ1n) is 8.41. The first-order chi connectivity index (χ1) is 13.7. The Balaban J connectivity index is 0.000000537. The maximum Gasteiger partial charge on any atom is 0.213 e. The lowest BCUT2D eigenvalue weighted by molar-refractivity contribution is -2.00. The highest BCUT2D eigenvalue weighted by molar-refractivity contribution is 5.75. The van der Waals surface area contributed by atoms with Crippen molar-refractivity contribution in [1.29, 1.82) is 5.26 Å². The van der Waals surface area contributed by atoms with Crippen molar-refractivity contribution in [3.8, 4) is 34.2 Å². The predicted molar refractivity (Wildman–Crippen MR) is 94.5 cm³/mol. The molecule has 150 valence electrons. The molecule has 1 heterocycles. The molecule has 0 amide bonds. The number of methoxy groups -OCH3 is 1. The van der Waals surface area contributed by atoms with E-state index in [0.717, 1.165) is 33.8 Å². The van der Waals surface area contributed by atoms with Gasteiger partial charge < -0.3 is 4.74 Å². The van der Waals surface area contributed by atoms with Crippen molar-refractivity contribution in [1.82, 2.24) is 0 Å². The third-order valence-electron chi connectivity index (χ3n) is 4.36. The lowest BCUT2D eigenvalue weighted by atomic mass is 9.96. The summed E-state index contributed by atoms with van der Waals surface area (Å²) in [5.41, 5.74) is 5.81. The maximum absolute atomic E-state index is 9.63. The minimum absolute atomic E-state index is 0.709. The summed E-state index contributed by atoms with van der Waals surface area (Å²) in [6.45, 7) is 1.98. The molecule has 7 nitrogen and oxygen atoms in total. The van der Waals surface area contributed by atoms with Crippen LogP contribution in [0.25, 0.3) is 22.4 Å². The van der Waals surface area contributed by atoms with E-state index in [-0.39, 0.29) is 0 Å². The molecule has 8 heteroatoms. The Hall–Kier alpha value is -2.99. The fraction of sp³-hybridized carbons (Fsp3) is 0.143. The molecule has 0 saturated carbocycles. The third-order valence-corrected chi connectivity index (χ3v) is 4.36. The molecule has 0 spiro atoms. The molecule has 0 radical (unpaired) electrons. The van der Waals surface area contributed by atoms with Gasteiger partial charge in [-0.2, -0.15) is 9.83 Å². The predicted octanol–water partition coefficient (Wildman–Crippen LogP) is -0.722. The zero-order valence-electron chi connectivity index (χ0n) is 16.1.